The molecule has 1 aromatic rings. The number of nitro benzene ring substituents is 1. The second-order valence-electron chi connectivity index (χ2n) is 4.19. The van der Waals surface area contributed by atoms with Crippen LogP contribution in [0.25, 0.3) is 0 Å². The van der Waals surface area contributed by atoms with Gasteiger partial charge in [-0.1, -0.05) is 0 Å². The van der Waals surface area contributed by atoms with Gasteiger partial charge < -0.3 is 16.4 Å². The lowest BCUT2D eigenvalue weighted by Crippen LogP contribution is -2.36. The molecule has 0 spiro atoms. The minimum atomic E-state index is -0.594. The van der Waals surface area contributed by atoms with Crippen molar-refractivity contribution in [2.24, 2.45) is 0 Å². The van der Waals surface area contributed by atoms with Crippen LogP contribution in [0.4, 0.5) is 11.4 Å². The Labute approximate surface area is 104 Å². The molecule has 1 aliphatic heterocycles. The average molecular weight is 250 g/mol. The van der Waals surface area contributed by atoms with Gasteiger partial charge in [0.1, 0.15) is 5.69 Å². The molecular weight excluding hydrogens is 236 g/mol. The largest absolute Gasteiger partial charge is 0.393 e. The van der Waals surface area contributed by atoms with Crippen molar-refractivity contribution in [3.63, 3.8) is 0 Å². The van der Waals surface area contributed by atoms with Gasteiger partial charge in [-0.3, -0.25) is 14.9 Å². The Morgan fingerprint density at radius 3 is 2.94 bits per heavy atom. The van der Waals surface area contributed by atoms with Crippen molar-refractivity contribution in [3.8, 4) is 0 Å². The molecule has 1 heterocycles. The van der Waals surface area contributed by atoms with Gasteiger partial charge in [-0.25, -0.2) is 0 Å². The third kappa shape index (κ3) is 2.57. The molecule has 0 aliphatic carbocycles. The van der Waals surface area contributed by atoms with Crippen molar-refractivity contribution < 1.29 is 9.72 Å². The van der Waals surface area contributed by atoms with Crippen LogP contribution in [0.2, 0.25) is 0 Å². The minimum Gasteiger partial charge on any atom is -0.393 e. The molecule has 96 valence electrons. The van der Waals surface area contributed by atoms with Gasteiger partial charge in [0.25, 0.3) is 11.6 Å². The molecule has 0 bridgehead atoms. The topological polar surface area (TPSA) is 110 Å². The summed E-state index contributed by atoms with van der Waals surface area (Å²) in [5.41, 5.74) is 5.53. The summed E-state index contributed by atoms with van der Waals surface area (Å²) in [6.07, 6.45) is 0.864. The number of amides is 1. The Kier molecular flexibility index (Phi) is 3.42. The monoisotopic (exact) mass is 250 g/mol. The van der Waals surface area contributed by atoms with E-state index in [1.807, 2.05) is 0 Å². The number of carbonyl (C=O) groups excluding carboxylic acids is 1. The van der Waals surface area contributed by atoms with Gasteiger partial charge in [-0.15, -0.1) is 0 Å². The zero-order valence-corrected chi connectivity index (χ0v) is 9.68. The summed E-state index contributed by atoms with van der Waals surface area (Å²) in [5.74, 6) is -0.313. The molecule has 1 aliphatic rings. The highest BCUT2D eigenvalue weighted by Crippen LogP contribution is 2.22. The normalized spacial score (nSPS) is 18.6. The second-order valence-corrected chi connectivity index (χ2v) is 4.19. The lowest BCUT2D eigenvalue weighted by atomic mass is 10.1. The standard InChI is InChI=1S/C11H14N4O3/c12-9-2-1-7(5-10(9)15(17)18)11(16)14-8-3-4-13-6-8/h1-2,5,8,13H,3-4,6,12H2,(H,14,16). The Morgan fingerprint density at radius 1 is 1.56 bits per heavy atom. The van der Waals surface area contributed by atoms with Crippen molar-refractivity contribution in [2.45, 2.75) is 12.5 Å². The zero-order valence-electron chi connectivity index (χ0n) is 9.68. The highest BCUT2D eigenvalue weighted by atomic mass is 16.6. The fourth-order valence-electron chi connectivity index (χ4n) is 1.89. The summed E-state index contributed by atoms with van der Waals surface area (Å²) in [5, 5.41) is 16.7. The van der Waals surface area contributed by atoms with Gasteiger partial charge in [0.2, 0.25) is 0 Å². The maximum Gasteiger partial charge on any atom is 0.292 e. The number of rotatable bonds is 3. The molecule has 0 aromatic heterocycles. The van der Waals surface area contributed by atoms with Crippen LogP contribution in [-0.2, 0) is 0 Å². The molecule has 1 saturated heterocycles. The lowest BCUT2D eigenvalue weighted by molar-refractivity contribution is -0.383. The lowest BCUT2D eigenvalue weighted by Gasteiger charge is -2.11. The molecule has 7 nitrogen and oxygen atoms in total. The first kappa shape index (κ1) is 12.3. The maximum absolute atomic E-state index is 11.9. The van der Waals surface area contributed by atoms with Crippen LogP contribution in [0.3, 0.4) is 0 Å². The number of nitrogen functional groups attached to an aromatic ring is 1. The number of nitrogens with zero attached hydrogens (tertiary/aromatic N) is 1. The molecule has 4 N–H and O–H groups in total. The summed E-state index contributed by atoms with van der Waals surface area (Å²) in [4.78, 5) is 22.0. The molecule has 1 aromatic carbocycles. The van der Waals surface area contributed by atoms with E-state index >= 15 is 0 Å². The maximum atomic E-state index is 11.9. The quantitative estimate of drug-likeness (QED) is 0.405. The number of nitrogens with two attached hydrogens (primary N) is 1. The molecule has 1 amide bonds. The first-order valence-electron chi connectivity index (χ1n) is 5.63. The number of benzene rings is 1. The Morgan fingerprint density at radius 2 is 2.33 bits per heavy atom. The Hall–Kier alpha value is -2.15. The molecule has 1 atom stereocenters. The van der Waals surface area contributed by atoms with Crippen molar-refractivity contribution in [1.29, 1.82) is 0 Å². The fraction of sp³-hybridized carbons (Fsp3) is 0.364. The molecule has 1 unspecified atom stereocenters. The van der Waals surface area contributed by atoms with E-state index < -0.39 is 4.92 Å². The molecule has 0 radical (unpaired) electrons. The van der Waals surface area contributed by atoms with E-state index in [1.165, 1.54) is 18.2 Å². The van der Waals surface area contributed by atoms with Crippen molar-refractivity contribution in [3.05, 3.63) is 33.9 Å². The minimum absolute atomic E-state index is 0.0547. The first-order chi connectivity index (χ1) is 8.58. The molecule has 7 heteroatoms. The van der Waals surface area contributed by atoms with Crippen molar-refractivity contribution in [1.82, 2.24) is 10.6 Å². The Balaban J connectivity index is 2.14. The van der Waals surface area contributed by atoms with E-state index in [0.717, 1.165) is 19.5 Å². The number of anilines is 1. The van der Waals surface area contributed by atoms with Crippen LogP contribution in [0, 0.1) is 10.1 Å². The van der Waals surface area contributed by atoms with Crippen molar-refractivity contribution in [2.75, 3.05) is 18.8 Å². The van der Waals surface area contributed by atoms with Gasteiger partial charge in [-0.05, 0) is 25.1 Å². The van der Waals surface area contributed by atoms with Gasteiger partial charge in [0.15, 0.2) is 0 Å². The van der Waals surface area contributed by atoms with Crippen LogP contribution in [0.1, 0.15) is 16.8 Å². The summed E-state index contributed by atoms with van der Waals surface area (Å²) >= 11 is 0. The number of carbonyl (C=O) groups is 1. The number of nitro groups is 1. The molecule has 0 saturated carbocycles. The SMILES string of the molecule is Nc1ccc(C(=O)NC2CCNC2)cc1[N+](=O)[O-]. The Bertz CT molecular complexity index is 483. The highest BCUT2D eigenvalue weighted by molar-refractivity contribution is 5.95. The van der Waals surface area contributed by atoms with Gasteiger partial charge in [0.05, 0.1) is 4.92 Å². The van der Waals surface area contributed by atoms with Crippen molar-refractivity contribution >= 4 is 17.3 Å². The van der Waals surface area contributed by atoms with E-state index in [9.17, 15) is 14.9 Å². The van der Waals surface area contributed by atoms with Gasteiger partial charge in [-0.2, -0.15) is 0 Å². The van der Waals surface area contributed by atoms with Crippen LogP contribution < -0.4 is 16.4 Å². The molecule has 2 rings (SSSR count). The van der Waals surface area contributed by atoms with Crippen LogP contribution in [-0.4, -0.2) is 30.0 Å². The summed E-state index contributed by atoms with van der Waals surface area (Å²) in [6.45, 7) is 1.59. The predicted octanol–water partition coefficient (Wildman–Crippen LogP) is 0.269. The van der Waals surface area contributed by atoms with Gasteiger partial charge in [0, 0.05) is 24.2 Å². The molecule has 1 fully saturated rings. The molecular formula is C11H14N4O3. The summed E-state index contributed by atoms with van der Waals surface area (Å²) in [7, 11) is 0. The van der Waals surface area contributed by atoms with Crippen LogP contribution in [0.5, 0.6) is 0 Å². The van der Waals surface area contributed by atoms with E-state index in [1.54, 1.807) is 0 Å². The van der Waals surface area contributed by atoms with E-state index in [2.05, 4.69) is 10.6 Å². The second kappa shape index (κ2) is 5.01. The number of hydrogen-bond acceptors (Lipinski definition) is 5. The molecule has 18 heavy (non-hydrogen) atoms. The third-order valence-corrected chi connectivity index (χ3v) is 2.88. The van der Waals surface area contributed by atoms with Gasteiger partial charge >= 0.3 is 0 Å². The van der Waals surface area contributed by atoms with Crippen LogP contribution in [0.15, 0.2) is 18.2 Å². The highest BCUT2D eigenvalue weighted by Gasteiger charge is 2.20. The predicted molar refractivity (Wildman–Crippen MR) is 66.2 cm³/mol. The smallest absolute Gasteiger partial charge is 0.292 e. The van der Waals surface area contributed by atoms with E-state index in [-0.39, 0.29) is 28.9 Å². The fourth-order valence-corrected chi connectivity index (χ4v) is 1.89. The summed E-state index contributed by atoms with van der Waals surface area (Å²) < 4.78 is 0. The van der Waals surface area contributed by atoms with E-state index in [0.29, 0.717) is 0 Å². The summed E-state index contributed by atoms with van der Waals surface area (Å²) in [6, 6.07) is 4.14. The number of nitrogens with one attached hydrogen (secondary N) is 2. The zero-order chi connectivity index (χ0) is 13.1. The first-order valence-corrected chi connectivity index (χ1v) is 5.63. The number of hydrogen-bond donors (Lipinski definition) is 3. The third-order valence-electron chi connectivity index (χ3n) is 2.88. The van der Waals surface area contributed by atoms with Crippen LogP contribution >= 0.6 is 0 Å². The van der Waals surface area contributed by atoms with E-state index in [4.69, 9.17) is 5.73 Å². The average Bonchev–Trinajstić information content (AvgIpc) is 2.81.